The lowest BCUT2D eigenvalue weighted by atomic mass is 9.93. The number of halogens is 2. The summed E-state index contributed by atoms with van der Waals surface area (Å²) >= 11 is 5.73. The van der Waals surface area contributed by atoms with Crippen LogP contribution in [0.2, 0.25) is 5.02 Å². The number of nitrogens with one attached hydrogen (secondary N) is 1. The molecule has 3 rings (SSSR count). The van der Waals surface area contributed by atoms with Crippen molar-refractivity contribution in [1.82, 2.24) is 5.32 Å². The van der Waals surface area contributed by atoms with Gasteiger partial charge in [0.15, 0.2) is 0 Å². The zero-order valence-corrected chi connectivity index (χ0v) is 11.8. The van der Waals surface area contributed by atoms with Gasteiger partial charge in [-0.25, -0.2) is 4.39 Å². The van der Waals surface area contributed by atoms with Crippen molar-refractivity contribution in [3.8, 4) is 0 Å². The number of fused-ring (bicyclic) bond motifs is 1. The van der Waals surface area contributed by atoms with E-state index in [1.165, 1.54) is 12.1 Å². The van der Waals surface area contributed by atoms with Crippen LogP contribution in [0, 0.1) is 5.82 Å². The van der Waals surface area contributed by atoms with E-state index in [1.54, 1.807) is 24.3 Å². The molecule has 1 aliphatic rings. The minimum atomic E-state index is -1.16. The number of amides is 1. The van der Waals surface area contributed by atoms with Crippen molar-refractivity contribution in [3.05, 3.63) is 69.5 Å². The highest BCUT2D eigenvalue weighted by Crippen LogP contribution is 2.29. The number of benzene rings is 2. The molecule has 0 radical (unpaired) electrons. The molecule has 0 aliphatic carbocycles. The molecule has 0 aromatic heterocycles. The third-order valence-electron chi connectivity index (χ3n) is 3.65. The Morgan fingerprint density at radius 3 is 2.90 bits per heavy atom. The van der Waals surface area contributed by atoms with E-state index in [1.807, 2.05) is 0 Å². The maximum atomic E-state index is 14.0. The first-order valence-corrected chi connectivity index (χ1v) is 6.98. The van der Waals surface area contributed by atoms with E-state index in [2.05, 4.69) is 5.32 Å². The standard InChI is InChI=1S/C16H13ClFNO2/c17-13-3-1-2-11(14(13)18)15(20)10-5-4-9-6-7-19-16(21)12(9)8-10/h1-5,8,15,20H,6-7H2,(H,19,21). The van der Waals surface area contributed by atoms with Crippen molar-refractivity contribution < 1.29 is 14.3 Å². The van der Waals surface area contributed by atoms with Crippen LogP contribution in [0.3, 0.4) is 0 Å². The van der Waals surface area contributed by atoms with Crippen molar-refractivity contribution in [2.45, 2.75) is 12.5 Å². The second-order valence-electron chi connectivity index (χ2n) is 4.97. The first kappa shape index (κ1) is 14.0. The van der Waals surface area contributed by atoms with Gasteiger partial charge in [-0.05, 0) is 29.7 Å². The van der Waals surface area contributed by atoms with Crippen molar-refractivity contribution in [2.75, 3.05) is 6.54 Å². The average Bonchev–Trinajstić information content (AvgIpc) is 2.49. The van der Waals surface area contributed by atoms with E-state index in [-0.39, 0.29) is 16.5 Å². The first-order chi connectivity index (χ1) is 10.1. The van der Waals surface area contributed by atoms with Crippen molar-refractivity contribution in [3.63, 3.8) is 0 Å². The lowest BCUT2D eigenvalue weighted by molar-refractivity contribution is 0.0945. The Balaban J connectivity index is 2.02. The summed E-state index contributed by atoms with van der Waals surface area (Å²) in [6.45, 7) is 0.608. The summed E-state index contributed by atoms with van der Waals surface area (Å²) < 4.78 is 14.0. The van der Waals surface area contributed by atoms with Crippen molar-refractivity contribution >= 4 is 17.5 Å². The molecular weight excluding hydrogens is 293 g/mol. The summed E-state index contributed by atoms with van der Waals surface area (Å²) in [5, 5.41) is 13.1. The highest BCUT2D eigenvalue weighted by Gasteiger charge is 2.21. The number of aliphatic hydroxyl groups is 1. The summed E-state index contributed by atoms with van der Waals surface area (Å²) in [5.74, 6) is -0.814. The van der Waals surface area contributed by atoms with Crippen LogP contribution in [0.1, 0.15) is 33.2 Å². The Kier molecular flexibility index (Phi) is 3.66. The molecule has 21 heavy (non-hydrogen) atoms. The zero-order chi connectivity index (χ0) is 15.0. The third kappa shape index (κ3) is 2.52. The minimum Gasteiger partial charge on any atom is -0.384 e. The molecule has 1 unspecified atom stereocenters. The van der Waals surface area contributed by atoms with Crippen LogP contribution in [-0.4, -0.2) is 17.6 Å². The van der Waals surface area contributed by atoms with Gasteiger partial charge in [0.05, 0.1) is 5.02 Å². The molecule has 108 valence electrons. The maximum Gasteiger partial charge on any atom is 0.251 e. The number of rotatable bonds is 2. The quantitative estimate of drug-likeness (QED) is 0.896. The Morgan fingerprint density at radius 2 is 2.10 bits per heavy atom. The Bertz CT molecular complexity index is 717. The van der Waals surface area contributed by atoms with Gasteiger partial charge in [-0.2, -0.15) is 0 Å². The van der Waals surface area contributed by atoms with Crippen LogP contribution >= 0.6 is 11.6 Å². The van der Waals surface area contributed by atoms with E-state index in [9.17, 15) is 14.3 Å². The van der Waals surface area contributed by atoms with Gasteiger partial charge >= 0.3 is 0 Å². The second-order valence-corrected chi connectivity index (χ2v) is 5.38. The van der Waals surface area contributed by atoms with Gasteiger partial charge in [0.25, 0.3) is 5.91 Å². The van der Waals surface area contributed by atoms with E-state index in [0.717, 1.165) is 12.0 Å². The fourth-order valence-electron chi connectivity index (χ4n) is 2.51. The molecule has 0 fully saturated rings. The van der Waals surface area contributed by atoms with Crippen LogP contribution in [0.5, 0.6) is 0 Å². The SMILES string of the molecule is O=C1NCCc2ccc(C(O)c3cccc(Cl)c3F)cc21. The van der Waals surface area contributed by atoms with Gasteiger partial charge in [-0.1, -0.05) is 35.9 Å². The number of aliphatic hydroxyl groups excluding tert-OH is 1. The molecule has 0 spiro atoms. The molecule has 2 aromatic rings. The predicted octanol–water partition coefficient (Wildman–Crippen LogP) is 2.85. The van der Waals surface area contributed by atoms with Gasteiger partial charge in [-0.15, -0.1) is 0 Å². The monoisotopic (exact) mass is 305 g/mol. The van der Waals surface area contributed by atoms with E-state index >= 15 is 0 Å². The third-order valence-corrected chi connectivity index (χ3v) is 3.94. The first-order valence-electron chi connectivity index (χ1n) is 6.61. The number of carbonyl (C=O) groups excluding carboxylic acids is 1. The molecule has 0 saturated carbocycles. The summed E-state index contributed by atoms with van der Waals surface area (Å²) in [6, 6.07) is 9.60. The molecule has 2 aromatic carbocycles. The van der Waals surface area contributed by atoms with Gasteiger partial charge in [0, 0.05) is 17.7 Å². The Hall–Kier alpha value is -1.91. The predicted molar refractivity (Wildman–Crippen MR) is 78.0 cm³/mol. The number of hydrogen-bond acceptors (Lipinski definition) is 2. The lowest BCUT2D eigenvalue weighted by Crippen LogP contribution is -2.31. The van der Waals surface area contributed by atoms with Crippen molar-refractivity contribution in [1.29, 1.82) is 0 Å². The molecule has 1 aliphatic heterocycles. The summed E-state index contributed by atoms with van der Waals surface area (Å²) in [6.07, 6.45) is -0.410. The number of hydrogen-bond donors (Lipinski definition) is 2. The molecule has 3 nitrogen and oxygen atoms in total. The molecule has 1 atom stereocenters. The fraction of sp³-hybridized carbons (Fsp3) is 0.188. The van der Waals surface area contributed by atoms with Gasteiger partial charge in [0.2, 0.25) is 0 Å². The fourth-order valence-corrected chi connectivity index (χ4v) is 2.69. The van der Waals surface area contributed by atoms with E-state index in [4.69, 9.17) is 11.6 Å². The summed E-state index contributed by atoms with van der Waals surface area (Å²) in [4.78, 5) is 11.8. The molecule has 0 bridgehead atoms. The topological polar surface area (TPSA) is 49.3 Å². The van der Waals surface area contributed by atoms with Crippen LogP contribution < -0.4 is 5.32 Å². The molecular formula is C16H13ClFNO2. The Morgan fingerprint density at radius 1 is 1.29 bits per heavy atom. The van der Waals surface area contributed by atoms with E-state index < -0.39 is 11.9 Å². The molecule has 0 saturated heterocycles. The molecule has 5 heteroatoms. The molecule has 1 amide bonds. The van der Waals surface area contributed by atoms with Gasteiger partial charge < -0.3 is 10.4 Å². The zero-order valence-electron chi connectivity index (χ0n) is 11.1. The largest absolute Gasteiger partial charge is 0.384 e. The second kappa shape index (κ2) is 5.47. The Labute approximate surface area is 126 Å². The van der Waals surface area contributed by atoms with Gasteiger partial charge in [-0.3, -0.25) is 4.79 Å². The lowest BCUT2D eigenvalue weighted by Gasteiger charge is -2.19. The summed E-state index contributed by atoms with van der Waals surface area (Å²) in [5.41, 5.74) is 2.02. The van der Waals surface area contributed by atoms with Crippen LogP contribution in [-0.2, 0) is 6.42 Å². The highest BCUT2D eigenvalue weighted by atomic mass is 35.5. The maximum absolute atomic E-state index is 14.0. The van der Waals surface area contributed by atoms with E-state index in [0.29, 0.717) is 17.7 Å². The van der Waals surface area contributed by atoms with Crippen LogP contribution in [0.25, 0.3) is 0 Å². The number of carbonyl (C=O) groups is 1. The minimum absolute atomic E-state index is 0.0396. The molecule has 1 heterocycles. The average molecular weight is 306 g/mol. The smallest absolute Gasteiger partial charge is 0.251 e. The van der Waals surface area contributed by atoms with Gasteiger partial charge in [0.1, 0.15) is 11.9 Å². The van der Waals surface area contributed by atoms with Crippen molar-refractivity contribution in [2.24, 2.45) is 0 Å². The van der Waals surface area contributed by atoms with Crippen LogP contribution in [0.15, 0.2) is 36.4 Å². The summed E-state index contributed by atoms with van der Waals surface area (Å²) in [7, 11) is 0. The normalized spacial score (nSPS) is 15.3. The van der Waals surface area contributed by atoms with Crippen LogP contribution in [0.4, 0.5) is 4.39 Å². The molecule has 2 N–H and O–H groups in total. The highest BCUT2D eigenvalue weighted by molar-refractivity contribution is 6.30.